The third-order valence-corrected chi connectivity index (χ3v) is 4.97. The predicted octanol–water partition coefficient (Wildman–Crippen LogP) is 5.06. The Morgan fingerprint density at radius 2 is 2.04 bits per heavy atom. The Morgan fingerprint density at radius 3 is 2.72 bits per heavy atom. The van der Waals surface area contributed by atoms with E-state index in [4.69, 9.17) is 4.74 Å². The summed E-state index contributed by atoms with van der Waals surface area (Å²) in [6, 6.07) is 12.4. The van der Waals surface area contributed by atoms with E-state index < -0.39 is 5.60 Å². The largest absolute Gasteiger partial charge is 0.443 e. The van der Waals surface area contributed by atoms with Gasteiger partial charge in [0.05, 0.1) is 10.7 Å². The number of anilines is 1. The van der Waals surface area contributed by atoms with Crippen molar-refractivity contribution in [1.82, 2.24) is 4.98 Å². The molecular weight excluding hydrogens is 332 g/mol. The van der Waals surface area contributed by atoms with E-state index in [-0.39, 0.29) is 12.1 Å². The van der Waals surface area contributed by atoms with E-state index >= 15 is 0 Å². The molecular formula is C20H24N2O2S. The van der Waals surface area contributed by atoms with Crippen LogP contribution in [0.1, 0.15) is 38.8 Å². The topological polar surface area (TPSA) is 42.4 Å². The van der Waals surface area contributed by atoms with Crippen LogP contribution in [0.25, 0.3) is 0 Å². The van der Waals surface area contributed by atoms with Crippen LogP contribution in [-0.4, -0.2) is 22.7 Å². The lowest BCUT2D eigenvalue weighted by Crippen LogP contribution is -2.40. The summed E-state index contributed by atoms with van der Waals surface area (Å²) in [7, 11) is 0. The summed E-state index contributed by atoms with van der Waals surface area (Å²) < 4.78 is 5.58. The minimum Gasteiger partial charge on any atom is -0.443 e. The van der Waals surface area contributed by atoms with Gasteiger partial charge in [0.2, 0.25) is 0 Å². The average Bonchev–Trinajstić information content (AvgIpc) is 2.87. The molecule has 1 aliphatic rings. The fraction of sp³-hybridized carbons (Fsp3) is 0.400. The highest BCUT2D eigenvalue weighted by atomic mass is 32.2. The van der Waals surface area contributed by atoms with E-state index in [1.807, 2.05) is 58.2 Å². The van der Waals surface area contributed by atoms with E-state index in [0.29, 0.717) is 0 Å². The number of fused-ring (bicyclic) bond motifs is 1. The standard InChI is InChI=1S/C20H24N2O2S/c1-14-10-16-12-21-18(25-13-15-8-6-5-7-9-15)11-17(16)22(14)19(23)24-20(2,3)4/h5-9,11-12,14H,10,13H2,1-4H3. The van der Waals surface area contributed by atoms with Crippen molar-refractivity contribution in [2.24, 2.45) is 0 Å². The number of aromatic nitrogens is 1. The fourth-order valence-corrected chi connectivity index (χ4v) is 3.71. The number of carbonyl (C=O) groups excluding carboxylic acids is 1. The van der Waals surface area contributed by atoms with Crippen LogP contribution in [0.3, 0.4) is 0 Å². The second kappa shape index (κ2) is 7.08. The Labute approximate surface area is 153 Å². The maximum absolute atomic E-state index is 12.6. The molecule has 0 bridgehead atoms. The van der Waals surface area contributed by atoms with E-state index in [9.17, 15) is 4.79 Å². The number of pyridine rings is 1. The lowest BCUT2D eigenvalue weighted by atomic mass is 10.2. The third-order valence-electron chi connectivity index (χ3n) is 3.97. The number of ether oxygens (including phenoxy) is 1. The molecule has 1 unspecified atom stereocenters. The fourth-order valence-electron chi connectivity index (χ4n) is 2.88. The highest BCUT2D eigenvalue weighted by Crippen LogP contribution is 2.35. The van der Waals surface area contributed by atoms with Crippen LogP contribution in [0.4, 0.5) is 10.5 Å². The maximum atomic E-state index is 12.6. The van der Waals surface area contributed by atoms with Gasteiger partial charge in [0.25, 0.3) is 0 Å². The van der Waals surface area contributed by atoms with Gasteiger partial charge in [-0.2, -0.15) is 0 Å². The molecule has 3 rings (SSSR count). The van der Waals surface area contributed by atoms with Crippen LogP contribution < -0.4 is 4.90 Å². The number of hydrogen-bond acceptors (Lipinski definition) is 4. The van der Waals surface area contributed by atoms with Gasteiger partial charge in [-0.15, -0.1) is 11.8 Å². The van der Waals surface area contributed by atoms with Crippen LogP contribution in [0.5, 0.6) is 0 Å². The van der Waals surface area contributed by atoms with Crippen molar-refractivity contribution in [3.8, 4) is 0 Å². The van der Waals surface area contributed by atoms with Crippen molar-refractivity contribution in [3.05, 3.63) is 53.7 Å². The zero-order valence-electron chi connectivity index (χ0n) is 15.2. The van der Waals surface area contributed by atoms with Gasteiger partial charge in [0.1, 0.15) is 5.60 Å². The molecule has 0 spiro atoms. The van der Waals surface area contributed by atoms with Crippen LogP contribution >= 0.6 is 11.8 Å². The monoisotopic (exact) mass is 356 g/mol. The molecule has 4 nitrogen and oxygen atoms in total. The van der Waals surface area contributed by atoms with Gasteiger partial charge in [0.15, 0.2) is 0 Å². The average molecular weight is 356 g/mol. The van der Waals surface area contributed by atoms with Crippen molar-refractivity contribution < 1.29 is 9.53 Å². The third kappa shape index (κ3) is 4.34. The van der Waals surface area contributed by atoms with E-state index in [0.717, 1.165) is 28.5 Å². The Balaban J connectivity index is 1.77. The Hall–Kier alpha value is -2.01. The van der Waals surface area contributed by atoms with Gasteiger partial charge in [-0.25, -0.2) is 9.78 Å². The van der Waals surface area contributed by atoms with Crippen LogP contribution in [0.2, 0.25) is 0 Å². The van der Waals surface area contributed by atoms with Gasteiger partial charge in [0, 0.05) is 18.0 Å². The van der Waals surface area contributed by atoms with Crippen LogP contribution in [0, 0.1) is 0 Å². The Kier molecular flexibility index (Phi) is 5.04. The van der Waals surface area contributed by atoms with E-state index in [1.165, 1.54) is 5.56 Å². The second-order valence-corrected chi connectivity index (χ2v) is 8.32. The smallest absolute Gasteiger partial charge is 0.415 e. The van der Waals surface area contributed by atoms with Crippen molar-refractivity contribution in [3.63, 3.8) is 0 Å². The van der Waals surface area contributed by atoms with Crippen LogP contribution in [-0.2, 0) is 16.9 Å². The van der Waals surface area contributed by atoms with E-state index in [2.05, 4.69) is 17.1 Å². The summed E-state index contributed by atoms with van der Waals surface area (Å²) in [6.45, 7) is 7.71. The first kappa shape index (κ1) is 17.8. The SMILES string of the molecule is CC1Cc2cnc(SCc3ccccc3)cc2N1C(=O)OC(C)(C)C. The minimum atomic E-state index is -0.503. The number of thioether (sulfide) groups is 1. The first-order valence-corrected chi connectivity index (χ1v) is 9.50. The van der Waals surface area contributed by atoms with Crippen LogP contribution in [0.15, 0.2) is 47.6 Å². The molecule has 1 amide bonds. The molecule has 0 saturated heterocycles. The summed E-state index contributed by atoms with van der Waals surface area (Å²) in [4.78, 5) is 18.9. The molecule has 25 heavy (non-hydrogen) atoms. The van der Waals surface area contributed by atoms with Crippen molar-refractivity contribution in [1.29, 1.82) is 0 Å². The number of benzene rings is 1. The van der Waals surface area contributed by atoms with Crippen molar-refractivity contribution in [2.45, 2.75) is 56.5 Å². The molecule has 0 fully saturated rings. The highest BCUT2D eigenvalue weighted by molar-refractivity contribution is 7.98. The lowest BCUT2D eigenvalue weighted by molar-refractivity contribution is 0.0572. The molecule has 2 heterocycles. The number of carbonyl (C=O) groups is 1. The number of amides is 1. The molecule has 2 aromatic rings. The molecule has 0 aliphatic carbocycles. The molecule has 0 saturated carbocycles. The molecule has 5 heteroatoms. The summed E-state index contributed by atoms with van der Waals surface area (Å²) in [6.07, 6.45) is 2.42. The first-order chi connectivity index (χ1) is 11.8. The summed E-state index contributed by atoms with van der Waals surface area (Å²) in [5.74, 6) is 0.856. The first-order valence-electron chi connectivity index (χ1n) is 8.51. The summed E-state index contributed by atoms with van der Waals surface area (Å²) >= 11 is 1.68. The zero-order chi connectivity index (χ0) is 18.0. The normalized spacial score (nSPS) is 16.6. The molecule has 0 radical (unpaired) electrons. The summed E-state index contributed by atoms with van der Waals surface area (Å²) in [5, 5.41) is 0.922. The molecule has 0 N–H and O–H groups in total. The van der Waals surface area contributed by atoms with Crippen molar-refractivity contribution >= 4 is 23.5 Å². The zero-order valence-corrected chi connectivity index (χ0v) is 16.0. The highest BCUT2D eigenvalue weighted by Gasteiger charge is 2.34. The predicted molar refractivity (Wildman–Crippen MR) is 102 cm³/mol. The van der Waals surface area contributed by atoms with Gasteiger partial charge in [-0.1, -0.05) is 30.3 Å². The lowest BCUT2D eigenvalue weighted by Gasteiger charge is -2.27. The minimum absolute atomic E-state index is 0.0843. The quantitative estimate of drug-likeness (QED) is 0.721. The van der Waals surface area contributed by atoms with E-state index in [1.54, 1.807) is 16.7 Å². The molecule has 1 aliphatic heterocycles. The van der Waals surface area contributed by atoms with Crippen molar-refractivity contribution in [2.75, 3.05) is 4.90 Å². The van der Waals surface area contributed by atoms with Gasteiger partial charge >= 0.3 is 6.09 Å². The number of nitrogens with zero attached hydrogens (tertiary/aromatic N) is 2. The Morgan fingerprint density at radius 1 is 1.32 bits per heavy atom. The molecule has 1 aromatic carbocycles. The summed E-state index contributed by atoms with van der Waals surface area (Å²) in [5.41, 5.74) is 2.78. The molecule has 1 atom stereocenters. The van der Waals surface area contributed by atoms with Gasteiger partial charge in [-0.3, -0.25) is 4.90 Å². The number of rotatable bonds is 3. The number of hydrogen-bond donors (Lipinski definition) is 0. The maximum Gasteiger partial charge on any atom is 0.415 e. The van der Waals surface area contributed by atoms with Gasteiger partial charge in [-0.05, 0) is 51.3 Å². The second-order valence-electron chi connectivity index (χ2n) is 7.33. The van der Waals surface area contributed by atoms with Gasteiger partial charge < -0.3 is 4.74 Å². The molecule has 132 valence electrons. The Bertz CT molecular complexity index is 756. The molecule has 1 aromatic heterocycles.